The number of ether oxygens (including phenoxy) is 2. The van der Waals surface area contributed by atoms with Gasteiger partial charge in [0, 0.05) is 20.2 Å². The molecule has 0 aliphatic carbocycles. The average molecular weight is 401 g/mol. The number of para-hydroxylation sites is 1. The number of rotatable bonds is 8. The Morgan fingerprint density at radius 1 is 1.31 bits per heavy atom. The van der Waals surface area contributed by atoms with Crippen LogP contribution in [-0.4, -0.2) is 52.6 Å². The molecule has 0 spiro atoms. The fraction of sp³-hybridized carbons (Fsp3) is 0.571. The number of aromatic nitrogens is 3. The van der Waals surface area contributed by atoms with Crippen molar-refractivity contribution in [2.24, 2.45) is 12.0 Å². The normalized spacial score (nSPS) is 17.9. The van der Waals surface area contributed by atoms with E-state index in [-0.39, 0.29) is 12.2 Å². The van der Waals surface area contributed by atoms with E-state index in [1.165, 1.54) is 0 Å². The van der Waals surface area contributed by atoms with Crippen LogP contribution in [0.2, 0.25) is 0 Å². The summed E-state index contributed by atoms with van der Waals surface area (Å²) in [4.78, 5) is 4.69. The Morgan fingerprint density at radius 2 is 2.14 bits per heavy atom. The summed E-state index contributed by atoms with van der Waals surface area (Å²) in [6, 6.07) is 8.04. The van der Waals surface area contributed by atoms with Crippen LogP contribution in [0.5, 0.6) is 5.75 Å². The first-order chi connectivity index (χ1) is 14.0. The van der Waals surface area contributed by atoms with E-state index >= 15 is 0 Å². The van der Waals surface area contributed by atoms with Gasteiger partial charge in [0.2, 0.25) is 0 Å². The topological polar surface area (TPSA) is 85.6 Å². The molecule has 29 heavy (non-hydrogen) atoms. The quantitative estimate of drug-likeness (QED) is 0.521. The second kappa shape index (κ2) is 10.2. The molecule has 2 unspecified atom stereocenters. The number of aliphatic imine (C=N–C) groups is 1. The first-order valence-electron chi connectivity index (χ1n) is 10.2. The van der Waals surface area contributed by atoms with Crippen LogP contribution in [0.25, 0.3) is 0 Å². The minimum Gasteiger partial charge on any atom is -0.489 e. The van der Waals surface area contributed by atoms with Crippen LogP contribution in [0.3, 0.4) is 0 Å². The van der Waals surface area contributed by atoms with Crippen LogP contribution >= 0.6 is 0 Å². The highest BCUT2D eigenvalue weighted by molar-refractivity contribution is 5.79. The molecule has 1 aromatic heterocycles. The van der Waals surface area contributed by atoms with E-state index in [0.717, 1.165) is 54.9 Å². The zero-order chi connectivity index (χ0) is 20.6. The Bertz CT molecular complexity index is 813. The Morgan fingerprint density at radius 3 is 2.83 bits per heavy atom. The molecule has 8 heteroatoms. The molecule has 2 atom stereocenters. The molecule has 3 rings (SSSR count). The van der Waals surface area contributed by atoms with Crippen molar-refractivity contribution in [2.75, 3.05) is 19.7 Å². The molecule has 8 nitrogen and oxygen atoms in total. The van der Waals surface area contributed by atoms with Gasteiger partial charge in [0.25, 0.3) is 0 Å². The third-order valence-electron chi connectivity index (χ3n) is 5.06. The number of hydrogen-bond acceptors (Lipinski definition) is 5. The zero-order valence-corrected chi connectivity index (χ0v) is 17.8. The largest absolute Gasteiger partial charge is 0.489 e. The van der Waals surface area contributed by atoms with E-state index in [9.17, 15) is 0 Å². The molecule has 2 heterocycles. The number of aryl methyl sites for hydroxylation is 2. The van der Waals surface area contributed by atoms with Crippen molar-refractivity contribution in [3.05, 3.63) is 41.5 Å². The highest BCUT2D eigenvalue weighted by Gasteiger charge is 2.16. The smallest absolute Gasteiger partial charge is 0.191 e. The van der Waals surface area contributed by atoms with Gasteiger partial charge in [-0.05, 0) is 45.2 Å². The van der Waals surface area contributed by atoms with Crippen molar-refractivity contribution >= 4 is 5.96 Å². The lowest BCUT2D eigenvalue weighted by Crippen LogP contribution is -2.44. The van der Waals surface area contributed by atoms with Crippen molar-refractivity contribution in [1.29, 1.82) is 0 Å². The lowest BCUT2D eigenvalue weighted by Gasteiger charge is -2.20. The van der Waals surface area contributed by atoms with Gasteiger partial charge in [0.15, 0.2) is 11.8 Å². The highest BCUT2D eigenvalue weighted by atomic mass is 16.5. The second-order valence-electron chi connectivity index (χ2n) is 7.48. The Kier molecular flexibility index (Phi) is 7.46. The summed E-state index contributed by atoms with van der Waals surface area (Å²) in [6.45, 7) is 8.68. The maximum absolute atomic E-state index is 6.06. The molecular weight excluding hydrogens is 368 g/mol. The van der Waals surface area contributed by atoms with Crippen molar-refractivity contribution in [3.63, 3.8) is 0 Å². The fourth-order valence-corrected chi connectivity index (χ4v) is 3.12. The van der Waals surface area contributed by atoms with Crippen LogP contribution in [0.1, 0.15) is 37.0 Å². The van der Waals surface area contributed by atoms with Crippen molar-refractivity contribution in [1.82, 2.24) is 25.4 Å². The van der Waals surface area contributed by atoms with Crippen LogP contribution in [-0.2, 0) is 18.3 Å². The first-order valence-corrected chi connectivity index (χ1v) is 10.2. The number of hydrogen-bond donors (Lipinski definition) is 2. The van der Waals surface area contributed by atoms with Gasteiger partial charge in [-0.1, -0.05) is 18.2 Å². The number of nitrogens with zero attached hydrogens (tertiary/aromatic N) is 4. The van der Waals surface area contributed by atoms with Gasteiger partial charge in [0.05, 0.1) is 12.6 Å². The highest BCUT2D eigenvalue weighted by Crippen LogP contribution is 2.17. The molecule has 0 radical (unpaired) electrons. The molecule has 1 fully saturated rings. The van der Waals surface area contributed by atoms with Crippen molar-refractivity contribution in [3.8, 4) is 5.75 Å². The van der Waals surface area contributed by atoms with Crippen LogP contribution in [0.15, 0.2) is 29.3 Å². The van der Waals surface area contributed by atoms with E-state index in [1.807, 2.05) is 43.7 Å². The summed E-state index contributed by atoms with van der Waals surface area (Å²) in [5, 5.41) is 15.1. The third-order valence-corrected chi connectivity index (χ3v) is 5.06. The van der Waals surface area contributed by atoms with E-state index < -0.39 is 0 Å². The van der Waals surface area contributed by atoms with Gasteiger partial charge in [-0.2, -0.15) is 0 Å². The van der Waals surface area contributed by atoms with Gasteiger partial charge in [-0.15, -0.1) is 10.2 Å². The molecule has 2 N–H and O–H groups in total. The van der Waals surface area contributed by atoms with Crippen LogP contribution < -0.4 is 15.4 Å². The molecule has 0 saturated carbocycles. The maximum atomic E-state index is 6.06. The fourth-order valence-electron chi connectivity index (χ4n) is 3.12. The molecule has 1 aromatic carbocycles. The van der Waals surface area contributed by atoms with Gasteiger partial charge in [0.1, 0.15) is 24.2 Å². The standard InChI is InChI=1S/C21H32N6O2/c1-15-8-5-6-10-19(15)29-16(2)12-22-21(23-13-18-9-7-11-28-18)24-14-20-26-25-17(3)27(20)4/h5-6,8,10,16,18H,7,9,11-14H2,1-4H3,(H2,22,23,24). The number of benzene rings is 1. The predicted octanol–water partition coefficient (Wildman–Crippen LogP) is 2.11. The minimum atomic E-state index is -0.0112. The van der Waals surface area contributed by atoms with Crippen LogP contribution in [0, 0.1) is 13.8 Å². The maximum Gasteiger partial charge on any atom is 0.191 e. The van der Waals surface area contributed by atoms with Gasteiger partial charge >= 0.3 is 0 Å². The van der Waals surface area contributed by atoms with Gasteiger partial charge in [-0.3, -0.25) is 0 Å². The van der Waals surface area contributed by atoms with Crippen molar-refractivity contribution < 1.29 is 9.47 Å². The minimum absolute atomic E-state index is 0.0112. The molecule has 158 valence electrons. The summed E-state index contributed by atoms with van der Waals surface area (Å²) >= 11 is 0. The number of guanidine groups is 1. The molecular formula is C21H32N6O2. The van der Waals surface area contributed by atoms with E-state index in [1.54, 1.807) is 0 Å². The van der Waals surface area contributed by atoms with E-state index in [2.05, 4.69) is 38.8 Å². The summed E-state index contributed by atoms with van der Waals surface area (Å²) in [5.74, 6) is 3.32. The first kappa shape index (κ1) is 21.1. The lowest BCUT2D eigenvalue weighted by atomic mass is 10.2. The zero-order valence-electron chi connectivity index (χ0n) is 17.8. The monoisotopic (exact) mass is 400 g/mol. The number of nitrogens with one attached hydrogen (secondary N) is 2. The van der Waals surface area contributed by atoms with Gasteiger partial charge < -0.3 is 24.7 Å². The predicted molar refractivity (Wildman–Crippen MR) is 113 cm³/mol. The summed E-state index contributed by atoms with van der Waals surface area (Å²) in [6.07, 6.45) is 2.42. The SMILES string of the molecule is Cc1ccccc1OC(C)CNC(=NCc1nnc(C)n1C)NCC1CCCO1. The van der Waals surface area contributed by atoms with Crippen molar-refractivity contribution in [2.45, 2.75) is 52.4 Å². The molecule has 1 saturated heterocycles. The van der Waals surface area contributed by atoms with E-state index in [4.69, 9.17) is 9.47 Å². The summed E-state index contributed by atoms with van der Waals surface area (Å²) in [7, 11) is 1.95. The second-order valence-corrected chi connectivity index (χ2v) is 7.48. The molecule has 1 aliphatic heterocycles. The Labute approximate surface area is 172 Å². The average Bonchev–Trinajstić information content (AvgIpc) is 3.34. The molecule has 1 aliphatic rings. The summed E-state index contributed by atoms with van der Waals surface area (Å²) < 4.78 is 13.7. The Balaban J connectivity index is 1.58. The van der Waals surface area contributed by atoms with Crippen LogP contribution in [0.4, 0.5) is 0 Å². The van der Waals surface area contributed by atoms with E-state index in [0.29, 0.717) is 13.1 Å². The molecule has 2 aromatic rings. The third kappa shape index (κ3) is 6.19. The summed E-state index contributed by atoms with van der Waals surface area (Å²) in [5.41, 5.74) is 1.13. The molecule has 0 bridgehead atoms. The Hall–Kier alpha value is -2.61. The van der Waals surface area contributed by atoms with Gasteiger partial charge in [-0.25, -0.2) is 4.99 Å². The lowest BCUT2D eigenvalue weighted by molar-refractivity contribution is 0.113. The molecule has 0 amide bonds.